The fourth-order valence-electron chi connectivity index (χ4n) is 1.23. The predicted octanol–water partition coefficient (Wildman–Crippen LogP) is 3.71. The third kappa shape index (κ3) is 3.95. The molecule has 0 radical (unpaired) electrons. The minimum atomic E-state index is -0.153. The highest BCUT2D eigenvalue weighted by Gasteiger charge is 2.08. The molecule has 0 fully saturated rings. The highest BCUT2D eigenvalue weighted by Crippen LogP contribution is 2.26. The predicted molar refractivity (Wildman–Crippen MR) is 66.8 cm³/mol. The molecule has 15 heavy (non-hydrogen) atoms. The van der Waals surface area contributed by atoms with Gasteiger partial charge in [0.15, 0.2) is 0 Å². The fourth-order valence-corrected chi connectivity index (χ4v) is 2.63. The fraction of sp³-hybridized carbons (Fsp3) is 0.364. The van der Waals surface area contributed by atoms with E-state index in [9.17, 15) is 4.79 Å². The molecule has 0 amide bonds. The standard InChI is InChI=1S/C11H12Br2O2/c1-2-15-11(14)7-6-8-9(12)4-3-5-10(8)13/h3-5H,2,6-7H2,1H3. The van der Waals surface area contributed by atoms with Crippen LogP contribution in [0, 0.1) is 0 Å². The molecule has 0 spiro atoms. The lowest BCUT2D eigenvalue weighted by molar-refractivity contribution is -0.143. The molecule has 0 unspecified atom stereocenters. The summed E-state index contributed by atoms with van der Waals surface area (Å²) < 4.78 is 6.90. The van der Waals surface area contributed by atoms with Gasteiger partial charge in [-0.1, -0.05) is 37.9 Å². The first-order valence-electron chi connectivity index (χ1n) is 4.73. The molecule has 4 heteroatoms. The van der Waals surface area contributed by atoms with Crippen molar-refractivity contribution in [3.05, 3.63) is 32.7 Å². The largest absolute Gasteiger partial charge is 0.466 e. The van der Waals surface area contributed by atoms with Crippen LogP contribution in [0.4, 0.5) is 0 Å². The Morgan fingerprint density at radius 3 is 2.47 bits per heavy atom. The van der Waals surface area contributed by atoms with E-state index in [2.05, 4.69) is 31.9 Å². The number of rotatable bonds is 4. The van der Waals surface area contributed by atoms with Crippen LogP contribution in [-0.2, 0) is 16.0 Å². The van der Waals surface area contributed by atoms with Crippen LogP contribution in [0.3, 0.4) is 0 Å². The second kappa shape index (κ2) is 6.28. The highest BCUT2D eigenvalue weighted by molar-refractivity contribution is 9.11. The van der Waals surface area contributed by atoms with Gasteiger partial charge in [-0.05, 0) is 31.0 Å². The topological polar surface area (TPSA) is 26.3 Å². The Hall–Kier alpha value is -0.350. The summed E-state index contributed by atoms with van der Waals surface area (Å²) in [7, 11) is 0. The summed E-state index contributed by atoms with van der Waals surface area (Å²) in [6, 6.07) is 5.87. The van der Waals surface area contributed by atoms with Gasteiger partial charge in [0.05, 0.1) is 6.61 Å². The van der Waals surface area contributed by atoms with Gasteiger partial charge in [-0.2, -0.15) is 0 Å². The number of halogens is 2. The zero-order valence-electron chi connectivity index (χ0n) is 8.43. The van der Waals surface area contributed by atoms with Crippen LogP contribution in [-0.4, -0.2) is 12.6 Å². The summed E-state index contributed by atoms with van der Waals surface area (Å²) in [4.78, 5) is 11.2. The Morgan fingerprint density at radius 2 is 1.93 bits per heavy atom. The lowest BCUT2D eigenvalue weighted by atomic mass is 10.1. The molecule has 0 atom stereocenters. The molecule has 0 N–H and O–H groups in total. The summed E-state index contributed by atoms with van der Waals surface area (Å²) >= 11 is 6.91. The smallest absolute Gasteiger partial charge is 0.306 e. The number of hydrogen-bond donors (Lipinski definition) is 0. The minimum Gasteiger partial charge on any atom is -0.466 e. The Bertz CT molecular complexity index is 330. The monoisotopic (exact) mass is 334 g/mol. The average molecular weight is 336 g/mol. The van der Waals surface area contributed by atoms with Crippen molar-refractivity contribution in [2.45, 2.75) is 19.8 Å². The number of carbonyl (C=O) groups is 1. The van der Waals surface area contributed by atoms with E-state index in [1.165, 1.54) is 0 Å². The summed E-state index contributed by atoms with van der Waals surface area (Å²) in [6.45, 7) is 2.25. The van der Waals surface area contributed by atoms with E-state index >= 15 is 0 Å². The van der Waals surface area contributed by atoms with Crippen molar-refractivity contribution in [1.29, 1.82) is 0 Å². The molecule has 0 bridgehead atoms. The quantitative estimate of drug-likeness (QED) is 0.784. The Morgan fingerprint density at radius 1 is 1.33 bits per heavy atom. The number of carbonyl (C=O) groups excluding carboxylic acids is 1. The van der Waals surface area contributed by atoms with E-state index in [0.29, 0.717) is 19.4 Å². The van der Waals surface area contributed by atoms with Gasteiger partial charge < -0.3 is 4.74 Å². The van der Waals surface area contributed by atoms with Crippen molar-refractivity contribution in [3.63, 3.8) is 0 Å². The number of hydrogen-bond acceptors (Lipinski definition) is 2. The first-order valence-corrected chi connectivity index (χ1v) is 6.32. The molecule has 0 aromatic heterocycles. The number of benzene rings is 1. The summed E-state index contributed by atoms with van der Waals surface area (Å²) in [6.07, 6.45) is 1.09. The normalized spacial score (nSPS) is 10.1. The summed E-state index contributed by atoms with van der Waals surface area (Å²) in [5.74, 6) is -0.153. The first-order chi connectivity index (χ1) is 7.15. The number of ether oxygens (including phenoxy) is 1. The van der Waals surface area contributed by atoms with Gasteiger partial charge in [-0.15, -0.1) is 0 Å². The minimum absolute atomic E-state index is 0.153. The molecule has 1 aromatic rings. The third-order valence-corrected chi connectivity index (χ3v) is 3.43. The molecule has 0 aliphatic rings. The molecular weight excluding hydrogens is 324 g/mol. The van der Waals surface area contributed by atoms with Crippen molar-refractivity contribution < 1.29 is 9.53 Å². The molecule has 2 nitrogen and oxygen atoms in total. The van der Waals surface area contributed by atoms with Crippen molar-refractivity contribution >= 4 is 37.8 Å². The maximum absolute atomic E-state index is 11.2. The maximum atomic E-state index is 11.2. The van der Waals surface area contributed by atoms with Gasteiger partial charge in [-0.3, -0.25) is 4.79 Å². The van der Waals surface area contributed by atoms with Crippen LogP contribution in [0.25, 0.3) is 0 Å². The van der Waals surface area contributed by atoms with E-state index in [1.807, 2.05) is 25.1 Å². The lowest BCUT2D eigenvalue weighted by Crippen LogP contribution is -2.05. The van der Waals surface area contributed by atoms with Crippen molar-refractivity contribution in [2.24, 2.45) is 0 Å². The van der Waals surface area contributed by atoms with E-state index in [-0.39, 0.29) is 5.97 Å². The van der Waals surface area contributed by atoms with Crippen LogP contribution in [0.15, 0.2) is 27.1 Å². The van der Waals surface area contributed by atoms with Crippen molar-refractivity contribution in [1.82, 2.24) is 0 Å². The molecule has 0 saturated carbocycles. The Balaban J connectivity index is 2.61. The van der Waals surface area contributed by atoms with Crippen LogP contribution >= 0.6 is 31.9 Å². The Kier molecular flexibility index (Phi) is 5.32. The molecule has 0 aliphatic carbocycles. The zero-order chi connectivity index (χ0) is 11.3. The van der Waals surface area contributed by atoms with Crippen LogP contribution in [0.5, 0.6) is 0 Å². The second-order valence-electron chi connectivity index (χ2n) is 3.01. The van der Waals surface area contributed by atoms with Gasteiger partial charge >= 0.3 is 5.97 Å². The molecule has 1 aromatic carbocycles. The molecule has 1 rings (SSSR count). The first kappa shape index (κ1) is 12.7. The van der Waals surface area contributed by atoms with Crippen LogP contribution < -0.4 is 0 Å². The molecule has 0 aliphatic heterocycles. The molecule has 82 valence electrons. The van der Waals surface area contributed by atoms with E-state index in [0.717, 1.165) is 14.5 Å². The molecule has 0 heterocycles. The maximum Gasteiger partial charge on any atom is 0.306 e. The van der Waals surface area contributed by atoms with Gasteiger partial charge in [-0.25, -0.2) is 0 Å². The van der Waals surface area contributed by atoms with Gasteiger partial charge in [0.1, 0.15) is 0 Å². The SMILES string of the molecule is CCOC(=O)CCc1c(Br)cccc1Br. The van der Waals surface area contributed by atoms with Crippen LogP contribution in [0.2, 0.25) is 0 Å². The summed E-state index contributed by atoms with van der Waals surface area (Å²) in [5.41, 5.74) is 1.10. The van der Waals surface area contributed by atoms with Crippen molar-refractivity contribution in [3.8, 4) is 0 Å². The van der Waals surface area contributed by atoms with Gasteiger partial charge in [0.2, 0.25) is 0 Å². The molecular formula is C11H12Br2O2. The van der Waals surface area contributed by atoms with E-state index in [4.69, 9.17) is 4.74 Å². The van der Waals surface area contributed by atoms with Gasteiger partial charge in [0, 0.05) is 15.4 Å². The van der Waals surface area contributed by atoms with E-state index in [1.54, 1.807) is 0 Å². The van der Waals surface area contributed by atoms with E-state index < -0.39 is 0 Å². The highest BCUT2D eigenvalue weighted by atomic mass is 79.9. The number of esters is 1. The van der Waals surface area contributed by atoms with Crippen molar-refractivity contribution in [2.75, 3.05) is 6.61 Å². The third-order valence-electron chi connectivity index (χ3n) is 1.95. The lowest BCUT2D eigenvalue weighted by Gasteiger charge is -2.06. The second-order valence-corrected chi connectivity index (χ2v) is 4.71. The zero-order valence-corrected chi connectivity index (χ0v) is 11.6. The van der Waals surface area contributed by atoms with Crippen LogP contribution in [0.1, 0.15) is 18.9 Å². The van der Waals surface area contributed by atoms with Gasteiger partial charge in [0.25, 0.3) is 0 Å². The Labute approximate surface area is 106 Å². The summed E-state index contributed by atoms with van der Waals surface area (Å²) in [5, 5.41) is 0. The average Bonchev–Trinajstić information content (AvgIpc) is 2.17. The molecule has 0 saturated heterocycles.